The lowest BCUT2D eigenvalue weighted by molar-refractivity contribution is 1.33. The normalized spacial score (nSPS) is 10.5. The second kappa shape index (κ2) is 4.80. The van der Waals surface area contributed by atoms with Crippen LogP contribution in [0.25, 0.3) is 11.3 Å². The van der Waals surface area contributed by atoms with Crippen molar-refractivity contribution in [1.29, 1.82) is 0 Å². The van der Waals surface area contributed by atoms with Crippen molar-refractivity contribution in [2.75, 3.05) is 0 Å². The van der Waals surface area contributed by atoms with E-state index in [0.29, 0.717) is 31.3 Å². The second-order valence-corrected chi connectivity index (χ2v) is 4.68. The summed E-state index contributed by atoms with van der Waals surface area (Å²) < 4.78 is 0. The molecule has 1 aromatic heterocycles. The Morgan fingerprint density at radius 3 is 2.31 bits per heavy atom. The molecule has 0 amide bonds. The summed E-state index contributed by atoms with van der Waals surface area (Å²) in [6.45, 7) is 0. The molecule has 0 bridgehead atoms. The van der Waals surface area contributed by atoms with Crippen LogP contribution in [0.5, 0.6) is 0 Å². The molecule has 0 aliphatic rings. The molecule has 5 heteroatoms. The van der Waals surface area contributed by atoms with Gasteiger partial charge in [0, 0.05) is 16.8 Å². The highest BCUT2D eigenvalue weighted by Gasteiger charge is 2.11. The topological polar surface area (TPSA) is 12.9 Å². The lowest BCUT2D eigenvalue weighted by Crippen LogP contribution is -1.85. The van der Waals surface area contributed by atoms with Crippen LogP contribution in [-0.4, -0.2) is 4.98 Å². The summed E-state index contributed by atoms with van der Waals surface area (Å²) in [5.41, 5.74) is 1.37. The van der Waals surface area contributed by atoms with Crippen molar-refractivity contribution in [2.24, 2.45) is 0 Å². The Labute approximate surface area is 113 Å². The van der Waals surface area contributed by atoms with Crippen LogP contribution in [-0.2, 0) is 0 Å². The van der Waals surface area contributed by atoms with E-state index in [2.05, 4.69) is 4.98 Å². The van der Waals surface area contributed by atoms with Crippen molar-refractivity contribution in [1.82, 2.24) is 4.98 Å². The molecule has 0 aliphatic heterocycles. The molecule has 0 spiro atoms. The number of pyridine rings is 1. The van der Waals surface area contributed by atoms with Gasteiger partial charge in [0.25, 0.3) is 0 Å². The summed E-state index contributed by atoms with van der Waals surface area (Å²) in [6.07, 6.45) is 1.61. The van der Waals surface area contributed by atoms with Gasteiger partial charge in [0.1, 0.15) is 0 Å². The van der Waals surface area contributed by atoms with Gasteiger partial charge in [-0.15, -0.1) is 0 Å². The predicted molar refractivity (Wildman–Crippen MR) is 69.7 cm³/mol. The minimum Gasteiger partial charge on any atom is -0.256 e. The average molecular weight is 293 g/mol. The molecule has 0 N–H and O–H groups in total. The smallest absolute Gasteiger partial charge is 0.0785 e. The van der Waals surface area contributed by atoms with Crippen molar-refractivity contribution < 1.29 is 0 Å². The third kappa shape index (κ3) is 2.28. The molecular formula is C11H5Cl4N. The number of halogens is 4. The molecule has 1 nitrogen and oxygen atoms in total. The van der Waals surface area contributed by atoms with Crippen LogP contribution in [0.2, 0.25) is 20.1 Å². The highest BCUT2D eigenvalue weighted by molar-refractivity contribution is 6.49. The van der Waals surface area contributed by atoms with Gasteiger partial charge in [-0.3, -0.25) is 4.98 Å². The van der Waals surface area contributed by atoms with Gasteiger partial charge in [-0.25, -0.2) is 0 Å². The SMILES string of the molecule is Clc1ccnc(-c2ccc(Cl)c(Cl)c2Cl)c1. The Bertz CT molecular complexity index is 540. The second-order valence-electron chi connectivity index (χ2n) is 3.08. The lowest BCUT2D eigenvalue weighted by atomic mass is 10.1. The number of rotatable bonds is 1. The first kappa shape index (κ1) is 12.0. The van der Waals surface area contributed by atoms with Crippen molar-refractivity contribution in [3.05, 3.63) is 50.6 Å². The number of aromatic nitrogens is 1. The largest absolute Gasteiger partial charge is 0.256 e. The number of hydrogen-bond acceptors (Lipinski definition) is 1. The number of benzene rings is 1. The number of nitrogens with zero attached hydrogens (tertiary/aromatic N) is 1. The highest BCUT2D eigenvalue weighted by atomic mass is 35.5. The van der Waals surface area contributed by atoms with Crippen LogP contribution < -0.4 is 0 Å². The fourth-order valence-electron chi connectivity index (χ4n) is 1.28. The third-order valence-electron chi connectivity index (χ3n) is 2.03. The maximum absolute atomic E-state index is 6.09. The van der Waals surface area contributed by atoms with Gasteiger partial charge in [0.05, 0.1) is 20.8 Å². The molecule has 0 atom stereocenters. The average Bonchev–Trinajstić information content (AvgIpc) is 2.26. The first-order valence-corrected chi connectivity index (χ1v) is 5.86. The van der Waals surface area contributed by atoms with Crippen molar-refractivity contribution >= 4 is 46.4 Å². The Hall–Kier alpha value is -0.470. The molecule has 0 saturated heterocycles. The monoisotopic (exact) mass is 291 g/mol. The van der Waals surface area contributed by atoms with E-state index >= 15 is 0 Å². The maximum atomic E-state index is 6.09. The fraction of sp³-hybridized carbons (Fsp3) is 0. The van der Waals surface area contributed by atoms with E-state index in [1.54, 1.807) is 30.5 Å². The zero-order chi connectivity index (χ0) is 11.7. The standard InChI is InChI=1S/C11H5Cl4N/c12-6-3-4-16-9(5-6)7-1-2-8(13)11(15)10(7)14/h1-5H. The minimum absolute atomic E-state index is 0.322. The van der Waals surface area contributed by atoms with Crippen LogP contribution in [0.15, 0.2) is 30.5 Å². The van der Waals surface area contributed by atoms with Crippen LogP contribution in [0, 0.1) is 0 Å². The third-order valence-corrected chi connectivity index (χ3v) is 3.56. The summed E-state index contributed by atoms with van der Waals surface area (Å²) in [4.78, 5) is 4.17. The summed E-state index contributed by atoms with van der Waals surface area (Å²) in [5.74, 6) is 0. The molecule has 0 aliphatic carbocycles. The fourth-order valence-corrected chi connectivity index (χ4v) is 2.07. The molecule has 0 unspecified atom stereocenters. The van der Waals surface area contributed by atoms with Gasteiger partial charge in [0.2, 0.25) is 0 Å². The lowest BCUT2D eigenvalue weighted by Gasteiger charge is -2.06. The van der Waals surface area contributed by atoms with E-state index < -0.39 is 0 Å². The van der Waals surface area contributed by atoms with Crippen molar-refractivity contribution in [2.45, 2.75) is 0 Å². The quantitative estimate of drug-likeness (QED) is 0.645. The van der Waals surface area contributed by atoms with E-state index in [0.717, 1.165) is 0 Å². The summed E-state index contributed by atoms with van der Waals surface area (Å²) in [5, 5.41) is 1.70. The maximum Gasteiger partial charge on any atom is 0.0785 e. The highest BCUT2D eigenvalue weighted by Crippen LogP contribution is 2.37. The van der Waals surface area contributed by atoms with Crippen molar-refractivity contribution in [3.8, 4) is 11.3 Å². The number of hydrogen-bond donors (Lipinski definition) is 0. The zero-order valence-electron chi connectivity index (χ0n) is 7.85. The molecule has 0 fully saturated rings. The van der Waals surface area contributed by atoms with E-state index in [4.69, 9.17) is 46.4 Å². The Balaban J connectivity index is 2.61. The van der Waals surface area contributed by atoms with Gasteiger partial charge in [0.15, 0.2) is 0 Å². The van der Waals surface area contributed by atoms with E-state index in [1.807, 2.05) is 0 Å². The first-order valence-electron chi connectivity index (χ1n) is 4.35. The molecule has 0 saturated carbocycles. The van der Waals surface area contributed by atoms with Gasteiger partial charge in [-0.2, -0.15) is 0 Å². The summed E-state index contributed by atoms with van der Waals surface area (Å²) in [7, 11) is 0. The molecule has 1 aromatic carbocycles. The van der Waals surface area contributed by atoms with E-state index in [1.165, 1.54) is 0 Å². The van der Waals surface area contributed by atoms with Crippen LogP contribution >= 0.6 is 46.4 Å². The summed E-state index contributed by atoms with van der Waals surface area (Å²) >= 11 is 23.8. The zero-order valence-corrected chi connectivity index (χ0v) is 10.9. The molecule has 2 rings (SSSR count). The molecule has 1 heterocycles. The first-order chi connectivity index (χ1) is 7.59. The van der Waals surface area contributed by atoms with Gasteiger partial charge < -0.3 is 0 Å². The minimum atomic E-state index is 0.322. The van der Waals surface area contributed by atoms with Crippen LogP contribution in [0.3, 0.4) is 0 Å². The molecular weight excluding hydrogens is 288 g/mol. The molecule has 82 valence electrons. The van der Waals surface area contributed by atoms with Gasteiger partial charge in [-0.1, -0.05) is 46.4 Å². The van der Waals surface area contributed by atoms with E-state index in [9.17, 15) is 0 Å². The van der Waals surface area contributed by atoms with Crippen molar-refractivity contribution in [3.63, 3.8) is 0 Å². The van der Waals surface area contributed by atoms with E-state index in [-0.39, 0.29) is 0 Å². The van der Waals surface area contributed by atoms with Gasteiger partial charge >= 0.3 is 0 Å². The van der Waals surface area contributed by atoms with Crippen LogP contribution in [0.1, 0.15) is 0 Å². The Morgan fingerprint density at radius 1 is 0.875 bits per heavy atom. The Morgan fingerprint density at radius 2 is 1.62 bits per heavy atom. The Kier molecular flexibility index (Phi) is 3.60. The molecule has 16 heavy (non-hydrogen) atoms. The van der Waals surface area contributed by atoms with Crippen LogP contribution in [0.4, 0.5) is 0 Å². The molecule has 0 radical (unpaired) electrons. The summed E-state index contributed by atoms with van der Waals surface area (Å²) in [6, 6.07) is 6.84. The molecule has 2 aromatic rings. The predicted octanol–water partition coefficient (Wildman–Crippen LogP) is 5.36. The van der Waals surface area contributed by atoms with Gasteiger partial charge in [-0.05, 0) is 24.3 Å².